The Morgan fingerprint density at radius 2 is 1.96 bits per heavy atom. The van der Waals surface area contributed by atoms with Gasteiger partial charge >= 0.3 is 0 Å². The standard InChI is InChI=1S/C20H13ClFN3OS/c21-15-5-3-14(4-6-15)19(26)25(12-13-2-1-9-23-11-13)20-24-17-8-7-16(22)10-18(17)27-20/h1-11H,12H2. The largest absolute Gasteiger partial charge is 0.279 e. The van der Waals surface area contributed by atoms with Crippen LogP contribution in [0.25, 0.3) is 10.2 Å². The molecule has 0 unspecified atom stereocenters. The highest BCUT2D eigenvalue weighted by molar-refractivity contribution is 7.22. The molecule has 4 rings (SSSR count). The maximum absolute atomic E-state index is 13.5. The fraction of sp³-hybridized carbons (Fsp3) is 0.0500. The molecule has 0 saturated carbocycles. The lowest BCUT2D eigenvalue weighted by atomic mass is 10.2. The fourth-order valence-corrected chi connectivity index (χ4v) is 3.76. The summed E-state index contributed by atoms with van der Waals surface area (Å²) in [5.41, 5.74) is 2.01. The Morgan fingerprint density at radius 3 is 2.70 bits per heavy atom. The van der Waals surface area contributed by atoms with Crippen LogP contribution in [0.2, 0.25) is 5.02 Å². The smallest absolute Gasteiger partial charge is 0.260 e. The van der Waals surface area contributed by atoms with Crippen molar-refractivity contribution in [2.75, 3.05) is 4.90 Å². The van der Waals surface area contributed by atoms with E-state index in [9.17, 15) is 9.18 Å². The number of carbonyl (C=O) groups is 1. The van der Waals surface area contributed by atoms with Crippen LogP contribution >= 0.6 is 22.9 Å². The zero-order chi connectivity index (χ0) is 18.8. The number of halogens is 2. The van der Waals surface area contributed by atoms with Gasteiger partial charge in [-0.1, -0.05) is 29.0 Å². The summed E-state index contributed by atoms with van der Waals surface area (Å²) in [4.78, 5) is 23.4. The van der Waals surface area contributed by atoms with Gasteiger partial charge in [-0.05, 0) is 54.1 Å². The number of carbonyl (C=O) groups excluding carboxylic acids is 1. The number of hydrogen-bond donors (Lipinski definition) is 0. The van der Waals surface area contributed by atoms with Crippen LogP contribution in [0.5, 0.6) is 0 Å². The molecule has 0 atom stereocenters. The van der Waals surface area contributed by atoms with E-state index in [1.54, 1.807) is 47.6 Å². The number of hydrogen-bond acceptors (Lipinski definition) is 4. The van der Waals surface area contributed by atoms with Crippen molar-refractivity contribution in [1.82, 2.24) is 9.97 Å². The molecule has 7 heteroatoms. The molecule has 0 radical (unpaired) electrons. The molecule has 0 fully saturated rings. The number of aromatic nitrogens is 2. The molecule has 0 bridgehead atoms. The van der Waals surface area contributed by atoms with Crippen molar-refractivity contribution in [1.29, 1.82) is 0 Å². The van der Waals surface area contributed by atoms with Gasteiger partial charge in [0.15, 0.2) is 5.13 Å². The van der Waals surface area contributed by atoms with E-state index in [0.29, 0.717) is 32.5 Å². The van der Waals surface area contributed by atoms with Crippen LogP contribution in [0.3, 0.4) is 0 Å². The van der Waals surface area contributed by atoms with Gasteiger partial charge in [0.2, 0.25) is 0 Å². The number of thiazole rings is 1. The molecule has 2 aromatic carbocycles. The maximum atomic E-state index is 13.5. The predicted octanol–water partition coefficient (Wildman–Crippen LogP) is 5.33. The van der Waals surface area contributed by atoms with Crippen LogP contribution in [-0.2, 0) is 6.54 Å². The van der Waals surface area contributed by atoms with E-state index in [0.717, 1.165) is 5.56 Å². The number of rotatable bonds is 4. The lowest BCUT2D eigenvalue weighted by molar-refractivity contribution is 0.0985. The van der Waals surface area contributed by atoms with Crippen molar-refractivity contribution in [3.8, 4) is 0 Å². The molecule has 4 nitrogen and oxygen atoms in total. The number of pyridine rings is 1. The van der Waals surface area contributed by atoms with Crippen molar-refractivity contribution in [3.05, 3.63) is 89.0 Å². The van der Waals surface area contributed by atoms with Crippen molar-refractivity contribution in [2.45, 2.75) is 6.54 Å². The Morgan fingerprint density at radius 1 is 1.15 bits per heavy atom. The molecule has 0 aliphatic heterocycles. The lowest BCUT2D eigenvalue weighted by Crippen LogP contribution is -2.30. The summed E-state index contributed by atoms with van der Waals surface area (Å²) in [6, 6.07) is 14.8. The van der Waals surface area contributed by atoms with Crippen LogP contribution in [-0.4, -0.2) is 15.9 Å². The van der Waals surface area contributed by atoms with Crippen LogP contribution in [0.4, 0.5) is 9.52 Å². The van der Waals surface area contributed by atoms with Crippen molar-refractivity contribution in [3.63, 3.8) is 0 Å². The molecule has 0 spiro atoms. The third-order valence-electron chi connectivity index (χ3n) is 3.97. The number of fused-ring (bicyclic) bond motifs is 1. The quantitative estimate of drug-likeness (QED) is 0.467. The second-order valence-electron chi connectivity index (χ2n) is 5.87. The number of nitrogens with zero attached hydrogens (tertiary/aromatic N) is 3. The van der Waals surface area contributed by atoms with Crippen LogP contribution < -0.4 is 4.90 Å². The Bertz CT molecular complexity index is 1100. The van der Waals surface area contributed by atoms with Gasteiger partial charge in [-0.15, -0.1) is 0 Å². The average molecular weight is 398 g/mol. The first-order valence-corrected chi connectivity index (χ1v) is 9.32. The topological polar surface area (TPSA) is 46.1 Å². The number of benzene rings is 2. The fourth-order valence-electron chi connectivity index (χ4n) is 2.65. The van der Waals surface area contributed by atoms with E-state index < -0.39 is 0 Å². The molecular formula is C20H13ClFN3OS. The molecule has 0 saturated heterocycles. The monoisotopic (exact) mass is 397 g/mol. The summed E-state index contributed by atoms with van der Waals surface area (Å²) >= 11 is 7.20. The van der Waals surface area contributed by atoms with Gasteiger partial charge in [-0.2, -0.15) is 0 Å². The highest BCUT2D eigenvalue weighted by atomic mass is 35.5. The van der Waals surface area contributed by atoms with Crippen molar-refractivity contribution >= 4 is 44.2 Å². The Kier molecular flexibility index (Phi) is 4.83. The molecule has 0 N–H and O–H groups in total. The summed E-state index contributed by atoms with van der Waals surface area (Å²) < 4.78 is 14.2. The first kappa shape index (κ1) is 17.6. The molecular weight excluding hydrogens is 385 g/mol. The number of amides is 1. The van der Waals surface area contributed by atoms with Crippen LogP contribution in [0.1, 0.15) is 15.9 Å². The first-order valence-electron chi connectivity index (χ1n) is 8.12. The third kappa shape index (κ3) is 3.82. The first-order chi connectivity index (χ1) is 13.1. The number of anilines is 1. The minimum absolute atomic E-state index is 0.213. The zero-order valence-electron chi connectivity index (χ0n) is 14.0. The molecule has 27 heavy (non-hydrogen) atoms. The molecule has 0 aliphatic rings. The van der Waals surface area contributed by atoms with E-state index in [-0.39, 0.29) is 11.7 Å². The Balaban J connectivity index is 1.76. The maximum Gasteiger partial charge on any atom is 0.260 e. The molecule has 134 valence electrons. The van der Waals surface area contributed by atoms with E-state index in [1.807, 2.05) is 12.1 Å². The van der Waals surface area contributed by atoms with Gasteiger partial charge in [-0.3, -0.25) is 14.7 Å². The Labute approximate surface area is 163 Å². The van der Waals surface area contributed by atoms with E-state index in [2.05, 4.69) is 9.97 Å². The molecule has 1 amide bonds. The van der Waals surface area contributed by atoms with Gasteiger partial charge in [0, 0.05) is 23.0 Å². The van der Waals surface area contributed by atoms with Crippen LogP contribution in [0, 0.1) is 5.82 Å². The minimum Gasteiger partial charge on any atom is -0.279 e. The highest BCUT2D eigenvalue weighted by Crippen LogP contribution is 2.31. The summed E-state index contributed by atoms with van der Waals surface area (Å²) in [6.07, 6.45) is 3.38. The van der Waals surface area contributed by atoms with Crippen molar-refractivity contribution < 1.29 is 9.18 Å². The molecule has 4 aromatic rings. The van der Waals surface area contributed by atoms with Gasteiger partial charge in [0.05, 0.1) is 16.8 Å². The predicted molar refractivity (Wildman–Crippen MR) is 106 cm³/mol. The van der Waals surface area contributed by atoms with Gasteiger partial charge in [-0.25, -0.2) is 9.37 Å². The summed E-state index contributed by atoms with van der Waals surface area (Å²) in [5.74, 6) is -0.546. The third-order valence-corrected chi connectivity index (χ3v) is 5.26. The van der Waals surface area contributed by atoms with Gasteiger partial charge in [0.25, 0.3) is 5.91 Å². The normalized spacial score (nSPS) is 10.9. The molecule has 2 aromatic heterocycles. The summed E-state index contributed by atoms with van der Waals surface area (Å²) in [7, 11) is 0. The lowest BCUT2D eigenvalue weighted by Gasteiger charge is -2.20. The van der Waals surface area contributed by atoms with Crippen LogP contribution in [0.15, 0.2) is 67.0 Å². The zero-order valence-corrected chi connectivity index (χ0v) is 15.5. The molecule has 2 heterocycles. The summed E-state index contributed by atoms with van der Waals surface area (Å²) in [6.45, 7) is 0.303. The second-order valence-corrected chi connectivity index (χ2v) is 7.31. The van der Waals surface area contributed by atoms with Gasteiger partial charge in [0.1, 0.15) is 5.82 Å². The Hall–Kier alpha value is -2.83. The van der Waals surface area contributed by atoms with Gasteiger partial charge < -0.3 is 0 Å². The second kappa shape index (κ2) is 7.42. The highest BCUT2D eigenvalue weighted by Gasteiger charge is 2.22. The average Bonchev–Trinajstić information content (AvgIpc) is 3.10. The minimum atomic E-state index is -0.333. The van der Waals surface area contributed by atoms with Crippen molar-refractivity contribution in [2.24, 2.45) is 0 Å². The SMILES string of the molecule is O=C(c1ccc(Cl)cc1)N(Cc1cccnc1)c1nc2ccc(F)cc2s1. The van der Waals surface area contributed by atoms with E-state index >= 15 is 0 Å². The summed E-state index contributed by atoms with van der Waals surface area (Å²) in [5, 5.41) is 1.06. The van der Waals surface area contributed by atoms with E-state index in [4.69, 9.17) is 11.6 Å². The molecule has 0 aliphatic carbocycles. The van der Waals surface area contributed by atoms with E-state index in [1.165, 1.54) is 23.5 Å².